The molecular formula is C13H7Br2ClF2O. The number of hydrogen-bond donors (Lipinski definition) is 1. The van der Waals surface area contributed by atoms with Crippen molar-refractivity contribution in [1.82, 2.24) is 0 Å². The minimum absolute atomic E-state index is 0.0144. The Labute approximate surface area is 130 Å². The molecule has 2 aromatic rings. The summed E-state index contributed by atoms with van der Waals surface area (Å²) in [6, 6.07) is 6.66. The average molecular weight is 412 g/mol. The van der Waals surface area contributed by atoms with Crippen molar-refractivity contribution < 1.29 is 13.9 Å². The third-order valence-corrected chi connectivity index (χ3v) is 4.64. The molecule has 0 aliphatic carbocycles. The minimum Gasteiger partial charge on any atom is -0.384 e. The van der Waals surface area contributed by atoms with Crippen LogP contribution in [0, 0.1) is 11.6 Å². The SMILES string of the molecule is OC(c1cc(Cl)c(Br)cc1F)c1cccc(F)c1Br. The van der Waals surface area contributed by atoms with E-state index in [4.69, 9.17) is 11.6 Å². The molecular weight excluding hydrogens is 405 g/mol. The highest BCUT2D eigenvalue weighted by molar-refractivity contribution is 9.10. The quantitative estimate of drug-likeness (QED) is 0.670. The van der Waals surface area contributed by atoms with Crippen molar-refractivity contribution in [2.45, 2.75) is 6.10 Å². The van der Waals surface area contributed by atoms with Crippen LogP contribution in [-0.4, -0.2) is 5.11 Å². The van der Waals surface area contributed by atoms with Crippen LogP contribution < -0.4 is 0 Å². The smallest absolute Gasteiger partial charge is 0.137 e. The molecule has 0 saturated carbocycles. The maximum atomic E-state index is 13.8. The van der Waals surface area contributed by atoms with Gasteiger partial charge in [-0.15, -0.1) is 0 Å². The third-order valence-electron chi connectivity index (χ3n) is 2.61. The van der Waals surface area contributed by atoms with Gasteiger partial charge in [0.1, 0.15) is 17.7 Å². The van der Waals surface area contributed by atoms with Gasteiger partial charge in [-0.3, -0.25) is 0 Å². The number of benzene rings is 2. The lowest BCUT2D eigenvalue weighted by atomic mass is 10.0. The summed E-state index contributed by atoms with van der Waals surface area (Å²) in [6.07, 6.45) is -1.31. The predicted molar refractivity (Wildman–Crippen MR) is 77.3 cm³/mol. The summed E-state index contributed by atoms with van der Waals surface area (Å²) >= 11 is 12.0. The molecule has 19 heavy (non-hydrogen) atoms. The fourth-order valence-corrected chi connectivity index (χ4v) is 2.62. The van der Waals surface area contributed by atoms with E-state index < -0.39 is 17.7 Å². The van der Waals surface area contributed by atoms with E-state index >= 15 is 0 Å². The number of hydrogen-bond acceptors (Lipinski definition) is 1. The summed E-state index contributed by atoms with van der Waals surface area (Å²) in [4.78, 5) is 0. The predicted octanol–water partition coefficient (Wildman–Crippen LogP) is 5.22. The molecule has 0 aromatic heterocycles. The molecule has 6 heteroatoms. The first-order valence-corrected chi connectivity index (χ1v) is 7.14. The molecule has 1 nitrogen and oxygen atoms in total. The van der Waals surface area contributed by atoms with Crippen molar-refractivity contribution in [2.24, 2.45) is 0 Å². The zero-order chi connectivity index (χ0) is 14.2. The van der Waals surface area contributed by atoms with Crippen molar-refractivity contribution in [3.05, 3.63) is 67.1 Å². The monoisotopic (exact) mass is 410 g/mol. The van der Waals surface area contributed by atoms with Crippen molar-refractivity contribution in [3.8, 4) is 0 Å². The van der Waals surface area contributed by atoms with E-state index in [1.165, 1.54) is 24.3 Å². The van der Waals surface area contributed by atoms with E-state index in [1.54, 1.807) is 0 Å². The van der Waals surface area contributed by atoms with Gasteiger partial charge in [-0.1, -0.05) is 23.7 Å². The summed E-state index contributed by atoms with van der Waals surface area (Å²) in [5, 5.41) is 10.4. The molecule has 1 unspecified atom stereocenters. The first-order valence-electron chi connectivity index (χ1n) is 5.18. The minimum atomic E-state index is -1.31. The summed E-state index contributed by atoms with van der Waals surface area (Å²) in [6.45, 7) is 0. The van der Waals surface area contributed by atoms with Gasteiger partial charge in [0.2, 0.25) is 0 Å². The molecule has 0 fully saturated rings. The van der Waals surface area contributed by atoms with Crippen LogP contribution in [0.3, 0.4) is 0 Å². The Hall–Kier alpha value is -0.490. The lowest BCUT2D eigenvalue weighted by molar-refractivity contribution is 0.213. The van der Waals surface area contributed by atoms with Gasteiger partial charge in [0.05, 0.1) is 9.50 Å². The lowest BCUT2D eigenvalue weighted by Crippen LogP contribution is -2.04. The van der Waals surface area contributed by atoms with E-state index in [0.29, 0.717) is 4.47 Å². The molecule has 0 saturated heterocycles. The number of aliphatic hydroxyl groups is 1. The fraction of sp³-hybridized carbons (Fsp3) is 0.0769. The number of rotatable bonds is 2. The van der Waals surface area contributed by atoms with Crippen LogP contribution in [0.5, 0.6) is 0 Å². The van der Waals surface area contributed by atoms with Crippen LogP contribution in [-0.2, 0) is 0 Å². The summed E-state index contributed by atoms with van der Waals surface area (Å²) < 4.78 is 27.7. The summed E-state index contributed by atoms with van der Waals surface area (Å²) in [5.74, 6) is -1.15. The Morgan fingerprint density at radius 3 is 2.42 bits per heavy atom. The second kappa shape index (κ2) is 5.87. The topological polar surface area (TPSA) is 20.2 Å². The van der Waals surface area contributed by atoms with Crippen molar-refractivity contribution in [1.29, 1.82) is 0 Å². The van der Waals surface area contributed by atoms with E-state index in [1.807, 2.05) is 0 Å². The van der Waals surface area contributed by atoms with E-state index in [0.717, 1.165) is 6.07 Å². The van der Waals surface area contributed by atoms with E-state index in [-0.39, 0.29) is 20.6 Å². The van der Waals surface area contributed by atoms with Gasteiger partial charge in [0.15, 0.2) is 0 Å². The molecule has 2 rings (SSSR count). The average Bonchev–Trinajstić information content (AvgIpc) is 2.36. The van der Waals surface area contributed by atoms with Crippen molar-refractivity contribution in [2.75, 3.05) is 0 Å². The van der Waals surface area contributed by atoms with Gasteiger partial charge < -0.3 is 5.11 Å². The van der Waals surface area contributed by atoms with Gasteiger partial charge in [-0.25, -0.2) is 8.78 Å². The summed E-state index contributed by atoms with van der Waals surface area (Å²) in [5.41, 5.74) is 0.219. The van der Waals surface area contributed by atoms with Crippen molar-refractivity contribution >= 4 is 43.5 Å². The largest absolute Gasteiger partial charge is 0.384 e. The fourth-order valence-electron chi connectivity index (χ4n) is 1.65. The van der Waals surface area contributed by atoms with Gasteiger partial charge in [-0.05, 0) is 50.1 Å². The third kappa shape index (κ3) is 2.99. The highest BCUT2D eigenvalue weighted by atomic mass is 79.9. The van der Waals surface area contributed by atoms with Gasteiger partial charge in [-0.2, -0.15) is 0 Å². The lowest BCUT2D eigenvalue weighted by Gasteiger charge is -2.15. The molecule has 0 aliphatic heterocycles. The molecule has 0 aliphatic rings. The summed E-state index contributed by atoms with van der Waals surface area (Å²) in [7, 11) is 0. The molecule has 100 valence electrons. The van der Waals surface area contributed by atoms with Crippen LogP contribution in [0.4, 0.5) is 8.78 Å². The molecule has 0 spiro atoms. The number of halogens is 5. The van der Waals surface area contributed by atoms with Crippen LogP contribution in [0.2, 0.25) is 5.02 Å². The Balaban J connectivity index is 2.53. The molecule has 1 N–H and O–H groups in total. The Morgan fingerprint density at radius 1 is 1.05 bits per heavy atom. The first kappa shape index (κ1) is 14.9. The molecule has 0 radical (unpaired) electrons. The Morgan fingerprint density at radius 2 is 1.74 bits per heavy atom. The van der Waals surface area contributed by atoms with Gasteiger partial charge >= 0.3 is 0 Å². The molecule has 0 heterocycles. The van der Waals surface area contributed by atoms with E-state index in [9.17, 15) is 13.9 Å². The van der Waals surface area contributed by atoms with Gasteiger partial charge in [0, 0.05) is 15.6 Å². The van der Waals surface area contributed by atoms with Crippen LogP contribution in [0.25, 0.3) is 0 Å². The maximum absolute atomic E-state index is 13.8. The van der Waals surface area contributed by atoms with Crippen LogP contribution >= 0.6 is 43.5 Å². The highest BCUT2D eigenvalue weighted by Crippen LogP contribution is 2.34. The second-order valence-corrected chi connectivity index (χ2v) is 5.89. The molecule has 1 atom stereocenters. The zero-order valence-corrected chi connectivity index (χ0v) is 13.2. The highest BCUT2D eigenvalue weighted by Gasteiger charge is 2.20. The van der Waals surface area contributed by atoms with Crippen molar-refractivity contribution in [3.63, 3.8) is 0 Å². The zero-order valence-electron chi connectivity index (χ0n) is 9.30. The number of aliphatic hydroxyl groups excluding tert-OH is 1. The van der Waals surface area contributed by atoms with E-state index in [2.05, 4.69) is 31.9 Å². The molecule has 0 amide bonds. The second-order valence-electron chi connectivity index (χ2n) is 3.83. The Kier molecular flexibility index (Phi) is 4.61. The molecule has 2 aromatic carbocycles. The Bertz CT molecular complexity index is 634. The standard InChI is InChI=1S/C13H7Br2ClF2O/c14-8-5-11(18)7(4-9(8)16)13(19)6-2-1-3-10(17)12(6)15/h1-5,13,19H. The van der Waals surface area contributed by atoms with Crippen LogP contribution in [0.1, 0.15) is 17.2 Å². The van der Waals surface area contributed by atoms with Crippen LogP contribution in [0.15, 0.2) is 39.3 Å². The van der Waals surface area contributed by atoms with Gasteiger partial charge in [0.25, 0.3) is 0 Å². The first-order chi connectivity index (χ1) is 8.91. The normalized spacial score (nSPS) is 12.5. The maximum Gasteiger partial charge on any atom is 0.137 e. The molecule has 0 bridgehead atoms.